The van der Waals surface area contributed by atoms with Gasteiger partial charge in [0.05, 0.1) is 22.3 Å². The van der Waals surface area contributed by atoms with Crippen LogP contribution in [0.4, 0.5) is 5.00 Å². The zero-order valence-electron chi connectivity index (χ0n) is 20.0. The fourth-order valence-electron chi connectivity index (χ4n) is 4.87. The number of carbonyl (C=O) groups is 1. The average Bonchev–Trinajstić information content (AvgIpc) is 3.19. The van der Waals surface area contributed by atoms with Crippen molar-refractivity contribution in [2.24, 2.45) is 11.3 Å². The van der Waals surface area contributed by atoms with E-state index in [2.05, 4.69) is 32.2 Å². The van der Waals surface area contributed by atoms with Gasteiger partial charge in [-0.3, -0.25) is 4.79 Å². The van der Waals surface area contributed by atoms with Crippen molar-refractivity contribution >= 4 is 44.7 Å². The second kappa shape index (κ2) is 9.11. The average molecular weight is 500 g/mol. The maximum atomic E-state index is 13.6. The Bertz CT molecular complexity index is 1490. The summed E-state index contributed by atoms with van der Waals surface area (Å²) < 4.78 is 0. The molecule has 4 aromatic rings. The van der Waals surface area contributed by atoms with Crippen molar-refractivity contribution in [3.63, 3.8) is 0 Å². The van der Waals surface area contributed by atoms with Crippen LogP contribution in [-0.2, 0) is 12.8 Å². The van der Waals surface area contributed by atoms with Gasteiger partial charge in [0.15, 0.2) is 0 Å². The molecule has 1 amide bonds. The van der Waals surface area contributed by atoms with Gasteiger partial charge < -0.3 is 5.32 Å². The molecule has 2 aromatic carbocycles. The Labute approximate surface area is 214 Å². The number of fused-ring (bicyclic) bond motifs is 2. The van der Waals surface area contributed by atoms with Crippen LogP contribution >= 0.6 is 22.9 Å². The molecular formula is C29H26ClN3OS. The molecule has 0 saturated heterocycles. The van der Waals surface area contributed by atoms with Crippen LogP contribution in [0.25, 0.3) is 22.2 Å². The van der Waals surface area contributed by atoms with Gasteiger partial charge in [-0.05, 0) is 54.4 Å². The Kier molecular flexibility index (Phi) is 6.13. The molecule has 1 aliphatic carbocycles. The number of carbonyl (C=O) groups excluding carboxylic acids is 1. The van der Waals surface area contributed by atoms with Gasteiger partial charge in [0, 0.05) is 20.8 Å². The molecule has 0 spiro atoms. The van der Waals surface area contributed by atoms with Crippen LogP contribution in [0.3, 0.4) is 0 Å². The molecule has 2 heterocycles. The van der Waals surface area contributed by atoms with Crippen LogP contribution in [0.5, 0.6) is 0 Å². The number of thiophene rings is 1. The molecular weight excluding hydrogens is 474 g/mol. The fraction of sp³-hybridized carbons (Fsp3) is 0.276. The third-order valence-electron chi connectivity index (χ3n) is 6.94. The predicted octanol–water partition coefficient (Wildman–Crippen LogP) is 7.89. The normalized spacial score (nSPS) is 15.5. The summed E-state index contributed by atoms with van der Waals surface area (Å²) in [6.07, 6.45) is 2.88. The number of pyridine rings is 1. The Balaban J connectivity index is 1.54. The Morgan fingerprint density at radius 1 is 1.17 bits per heavy atom. The molecule has 1 aliphatic rings. The molecule has 4 nitrogen and oxygen atoms in total. The van der Waals surface area contributed by atoms with E-state index in [1.165, 1.54) is 4.88 Å². The largest absolute Gasteiger partial charge is 0.312 e. The molecule has 1 atom stereocenters. The highest BCUT2D eigenvalue weighted by molar-refractivity contribution is 7.16. The number of hydrogen-bond donors (Lipinski definition) is 1. The van der Waals surface area contributed by atoms with E-state index in [9.17, 15) is 10.1 Å². The van der Waals surface area contributed by atoms with Gasteiger partial charge in [0.2, 0.25) is 0 Å². The highest BCUT2D eigenvalue weighted by Crippen LogP contribution is 2.44. The van der Waals surface area contributed by atoms with Crippen molar-refractivity contribution in [2.45, 2.75) is 40.0 Å². The smallest absolute Gasteiger partial charge is 0.257 e. The SMILES string of the molecule is CC(C)(C)[C@@H]1CCc2c(sc(NC(=O)c3cc(-c4ccccc4Cl)nc4ccccc34)c2C#N)C1. The third kappa shape index (κ3) is 4.45. The molecule has 0 unspecified atom stereocenters. The van der Waals surface area contributed by atoms with E-state index < -0.39 is 0 Å². The van der Waals surface area contributed by atoms with E-state index in [-0.39, 0.29) is 11.3 Å². The van der Waals surface area contributed by atoms with Gasteiger partial charge in [0.25, 0.3) is 5.91 Å². The van der Waals surface area contributed by atoms with Gasteiger partial charge in [-0.15, -0.1) is 11.3 Å². The van der Waals surface area contributed by atoms with E-state index in [0.717, 1.165) is 35.8 Å². The zero-order valence-corrected chi connectivity index (χ0v) is 21.6. The maximum Gasteiger partial charge on any atom is 0.257 e. The first-order valence-corrected chi connectivity index (χ1v) is 13.0. The molecule has 0 saturated carbocycles. The van der Waals surface area contributed by atoms with Gasteiger partial charge in [-0.25, -0.2) is 4.98 Å². The van der Waals surface area contributed by atoms with Crippen molar-refractivity contribution in [3.8, 4) is 17.3 Å². The van der Waals surface area contributed by atoms with Gasteiger partial charge in [-0.2, -0.15) is 5.26 Å². The molecule has 1 N–H and O–H groups in total. The van der Waals surface area contributed by atoms with Crippen molar-refractivity contribution < 1.29 is 4.79 Å². The molecule has 35 heavy (non-hydrogen) atoms. The van der Waals surface area contributed by atoms with Crippen LogP contribution in [0.1, 0.15) is 53.6 Å². The standard InChI is InChI=1S/C29H26ClN3OS/c1-29(2,3)17-12-13-19-22(16-31)28(35-26(19)14-17)33-27(34)21-15-25(20-9-4-6-10-23(20)30)32-24-11-7-5-8-18(21)24/h4-11,15,17H,12-14H2,1-3H3,(H,33,34)/t17-/m1/s1. The van der Waals surface area contributed by atoms with Crippen molar-refractivity contribution in [1.82, 2.24) is 4.98 Å². The molecule has 0 aliphatic heterocycles. The lowest BCUT2D eigenvalue weighted by molar-refractivity contribution is 0.102. The molecule has 0 bridgehead atoms. The number of hydrogen-bond acceptors (Lipinski definition) is 4. The van der Waals surface area contributed by atoms with Crippen LogP contribution in [0.15, 0.2) is 54.6 Å². The number of nitriles is 1. The summed E-state index contributed by atoms with van der Waals surface area (Å²) in [7, 11) is 0. The minimum absolute atomic E-state index is 0.211. The van der Waals surface area contributed by atoms with Crippen LogP contribution in [0.2, 0.25) is 5.02 Å². The summed E-state index contributed by atoms with van der Waals surface area (Å²) in [5.41, 5.74) is 4.55. The van der Waals surface area contributed by atoms with E-state index in [1.54, 1.807) is 17.4 Å². The molecule has 176 valence electrons. The number of nitrogens with zero attached hydrogens (tertiary/aromatic N) is 2. The first-order valence-electron chi connectivity index (χ1n) is 11.8. The van der Waals surface area contributed by atoms with Gasteiger partial charge >= 0.3 is 0 Å². The number of anilines is 1. The number of aromatic nitrogens is 1. The highest BCUT2D eigenvalue weighted by Gasteiger charge is 2.32. The monoisotopic (exact) mass is 499 g/mol. The van der Waals surface area contributed by atoms with Crippen LogP contribution < -0.4 is 5.32 Å². The Morgan fingerprint density at radius 3 is 2.66 bits per heavy atom. The highest BCUT2D eigenvalue weighted by atomic mass is 35.5. The minimum atomic E-state index is -0.251. The number of amides is 1. The summed E-state index contributed by atoms with van der Waals surface area (Å²) in [4.78, 5) is 19.6. The molecule has 0 radical (unpaired) electrons. The number of halogens is 1. The fourth-order valence-corrected chi connectivity index (χ4v) is 6.38. The number of para-hydroxylation sites is 1. The topological polar surface area (TPSA) is 65.8 Å². The zero-order chi connectivity index (χ0) is 24.7. The number of rotatable bonds is 3. The van der Waals surface area contributed by atoms with Crippen molar-refractivity contribution in [3.05, 3.63) is 81.2 Å². The summed E-state index contributed by atoms with van der Waals surface area (Å²) in [6.45, 7) is 6.82. The first-order chi connectivity index (χ1) is 16.8. The molecule has 6 heteroatoms. The Morgan fingerprint density at radius 2 is 1.91 bits per heavy atom. The summed E-state index contributed by atoms with van der Waals surface area (Å²) in [5, 5.41) is 15.0. The number of benzene rings is 2. The van der Waals surface area contributed by atoms with Crippen LogP contribution in [0, 0.1) is 22.7 Å². The summed E-state index contributed by atoms with van der Waals surface area (Å²) in [5.74, 6) is 0.311. The maximum absolute atomic E-state index is 13.6. The second-order valence-electron chi connectivity index (χ2n) is 10.1. The van der Waals surface area contributed by atoms with E-state index >= 15 is 0 Å². The van der Waals surface area contributed by atoms with Crippen LogP contribution in [-0.4, -0.2) is 10.9 Å². The van der Waals surface area contributed by atoms with E-state index in [4.69, 9.17) is 16.6 Å². The van der Waals surface area contributed by atoms with Gasteiger partial charge in [0.1, 0.15) is 11.1 Å². The quantitative estimate of drug-likeness (QED) is 0.311. The minimum Gasteiger partial charge on any atom is -0.312 e. The lowest BCUT2D eigenvalue weighted by Crippen LogP contribution is -2.26. The lowest BCUT2D eigenvalue weighted by Gasteiger charge is -2.33. The summed E-state index contributed by atoms with van der Waals surface area (Å²) >= 11 is 7.98. The second-order valence-corrected chi connectivity index (χ2v) is 11.6. The predicted molar refractivity (Wildman–Crippen MR) is 144 cm³/mol. The lowest BCUT2D eigenvalue weighted by atomic mass is 9.72. The number of nitrogens with one attached hydrogen (secondary N) is 1. The van der Waals surface area contributed by atoms with Crippen molar-refractivity contribution in [2.75, 3.05) is 5.32 Å². The van der Waals surface area contributed by atoms with Gasteiger partial charge in [-0.1, -0.05) is 68.8 Å². The summed E-state index contributed by atoms with van der Waals surface area (Å²) in [6, 6.07) is 19.2. The third-order valence-corrected chi connectivity index (χ3v) is 8.44. The van der Waals surface area contributed by atoms with Crippen molar-refractivity contribution in [1.29, 1.82) is 5.26 Å². The first kappa shape index (κ1) is 23.5. The van der Waals surface area contributed by atoms with E-state index in [1.807, 2.05) is 48.5 Å². The molecule has 2 aromatic heterocycles. The molecule has 0 fully saturated rings. The molecule has 5 rings (SSSR count). The van der Waals surface area contributed by atoms with E-state index in [0.29, 0.717) is 38.3 Å². The Hall–Kier alpha value is -3.20.